The smallest absolute Gasteiger partial charge is 0.335 e. The average molecular weight is 475 g/mol. The maximum absolute atomic E-state index is 13.3. The van der Waals surface area contributed by atoms with Gasteiger partial charge in [-0.3, -0.25) is 4.57 Å². The van der Waals surface area contributed by atoms with E-state index in [9.17, 15) is 4.79 Å². The molecule has 9 nitrogen and oxygen atoms in total. The Hall–Kier alpha value is -3.85. The van der Waals surface area contributed by atoms with Crippen molar-refractivity contribution in [3.63, 3.8) is 0 Å². The van der Waals surface area contributed by atoms with Crippen LogP contribution in [-0.4, -0.2) is 58.2 Å². The topological polar surface area (TPSA) is 97.2 Å². The number of nitrogens with one attached hydrogen (secondary N) is 1. The zero-order valence-electron chi connectivity index (χ0n) is 21.3. The van der Waals surface area contributed by atoms with Crippen LogP contribution in [0, 0.1) is 6.92 Å². The number of aryl methyl sites for hydroxylation is 1. The van der Waals surface area contributed by atoms with E-state index in [1.807, 2.05) is 58.2 Å². The molecule has 0 atom stereocenters. The van der Waals surface area contributed by atoms with Gasteiger partial charge in [-0.1, -0.05) is 12.1 Å². The maximum Gasteiger partial charge on any atom is 0.335 e. The number of nitrogens with zero attached hydrogens (tertiary/aromatic N) is 6. The van der Waals surface area contributed by atoms with E-state index in [1.54, 1.807) is 21.4 Å². The molecule has 0 saturated carbocycles. The Labute approximate surface area is 205 Å². The van der Waals surface area contributed by atoms with Crippen molar-refractivity contribution in [2.45, 2.75) is 26.8 Å². The van der Waals surface area contributed by atoms with Gasteiger partial charge in [-0.05, 0) is 64.7 Å². The van der Waals surface area contributed by atoms with Crippen LogP contribution in [0.2, 0.25) is 0 Å². The van der Waals surface area contributed by atoms with Gasteiger partial charge in [0, 0.05) is 44.1 Å². The summed E-state index contributed by atoms with van der Waals surface area (Å²) in [7, 11) is 6.15. The van der Waals surface area contributed by atoms with Gasteiger partial charge in [0.25, 0.3) is 0 Å². The molecule has 2 aromatic heterocycles. The molecule has 4 rings (SSSR count). The highest BCUT2D eigenvalue weighted by molar-refractivity contribution is 5.78. The van der Waals surface area contributed by atoms with Crippen molar-refractivity contribution in [1.29, 1.82) is 0 Å². The largest absolute Gasteiger partial charge is 0.397 e. The first-order valence-electron chi connectivity index (χ1n) is 11.8. The third-order valence-electron chi connectivity index (χ3n) is 6.08. The van der Waals surface area contributed by atoms with E-state index in [0.29, 0.717) is 17.5 Å². The number of benzene rings is 2. The summed E-state index contributed by atoms with van der Waals surface area (Å²) in [5.74, 6) is 0.903. The van der Waals surface area contributed by atoms with Gasteiger partial charge in [-0.15, -0.1) is 0 Å². The highest BCUT2D eigenvalue weighted by Crippen LogP contribution is 2.30. The second-order valence-corrected chi connectivity index (χ2v) is 9.38. The second-order valence-electron chi connectivity index (χ2n) is 9.38. The van der Waals surface area contributed by atoms with E-state index in [0.717, 1.165) is 41.1 Å². The Morgan fingerprint density at radius 3 is 2.46 bits per heavy atom. The van der Waals surface area contributed by atoms with Gasteiger partial charge in [0.05, 0.1) is 22.4 Å². The predicted octanol–water partition coefficient (Wildman–Crippen LogP) is 3.80. The number of anilines is 4. The molecule has 0 aliphatic heterocycles. The van der Waals surface area contributed by atoms with Gasteiger partial charge < -0.3 is 20.9 Å². The molecule has 0 saturated heterocycles. The van der Waals surface area contributed by atoms with Crippen molar-refractivity contribution in [3.05, 3.63) is 64.7 Å². The fourth-order valence-electron chi connectivity index (χ4n) is 4.19. The Morgan fingerprint density at radius 2 is 1.77 bits per heavy atom. The molecule has 184 valence electrons. The molecule has 0 aliphatic rings. The highest BCUT2D eigenvalue weighted by Gasteiger charge is 2.18. The lowest BCUT2D eigenvalue weighted by Gasteiger charge is -2.24. The van der Waals surface area contributed by atoms with Crippen molar-refractivity contribution in [2.24, 2.45) is 0 Å². The molecule has 0 amide bonds. The van der Waals surface area contributed by atoms with Crippen molar-refractivity contribution in [1.82, 2.24) is 24.0 Å². The second kappa shape index (κ2) is 9.79. The molecule has 0 spiro atoms. The number of nitrogens with two attached hydrogens (primary N) is 1. The molecule has 9 heteroatoms. The molecule has 2 heterocycles. The summed E-state index contributed by atoms with van der Waals surface area (Å²) in [5, 5.41) is 3.29. The molecule has 0 bridgehead atoms. The summed E-state index contributed by atoms with van der Waals surface area (Å²) >= 11 is 0. The third kappa shape index (κ3) is 4.85. The minimum atomic E-state index is -0.128. The average Bonchev–Trinajstić information content (AvgIpc) is 3.11. The number of fused-ring (bicyclic) bond motifs is 1. The molecule has 0 unspecified atom stereocenters. The van der Waals surface area contributed by atoms with E-state index >= 15 is 0 Å². The number of hydrogen-bond donors (Lipinski definition) is 2. The number of nitrogen functional groups attached to an aromatic ring is 1. The van der Waals surface area contributed by atoms with E-state index in [-0.39, 0.29) is 11.7 Å². The molecule has 35 heavy (non-hydrogen) atoms. The van der Waals surface area contributed by atoms with Crippen LogP contribution < -0.4 is 21.6 Å². The van der Waals surface area contributed by atoms with Crippen molar-refractivity contribution >= 4 is 34.0 Å². The quantitative estimate of drug-likeness (QED) is 0.375. The summed E-state index contributed by atoms with van der Waals surface area (Å²) in [4.78, 5) is 26.7. The van der Waals surface area contributed by atoms with Crippen LogP contribution in [-0.2, 0) is 0 Å². The normalized spacial score (nSPS) is 11.5. The Balaban J connectivity index is 1.67. The van der Waals surface area contributed by atoms with Crippen LogP contribution in [0.4, 0.5) is 23.0 Å². The number of para-hydroxylation sites is 2. The first-order chi connectivity index (χ1) is 16.7. The Kier molecular flexibility index (Phi) is 6.79. The molecular weight excluding hydrogens is 440 g/mol. The molecule has 0 radical (unpaired) electrons. The van der Waals surface area contributed by atoms with Crippen LogP contribution in [0.15, 0.2) is 53.5 Å². The summed E-state index contributed by atoms with van der Waals surface area (Å²) in [6.07, 6.45) is 1.65. The van der Waals surface area contributed by atoms with E-state index < -0.39 is 0 Å². The van der Waals surface area contributed by atoms with Crippen LogP contribution in [0.25, 0.3) is 16.9 Å². The number of imidazole rings is 1. The highest BCUT2D eigenvalue weighted by atomic mass is 16.1. The lowest BCUT2D eigenvalue weighted by atomic mass is 10.1. The summed E-state index contributed by atoms with van der Waals surface area (Å²) < 4.78 is 3.41. The van der Waals surface area contributed by atoms with Crippen LogP contribution in [0.5, 0.6) is 0 Å². The van der Waals surface area contributed by atoms with Gasteiger partial charge in [0.1, 0.15) is 5.82 Å². The molecule has 0 fully saturated rings. The van der Waals surface area contributed by atoms with Gasteiger partial charge in [0.15, 0.2) is 0 Å². The zero-order valence-corrected chi connectivity index (χ0v) is 21.3. The summed E-state index contributed by atoms with van der Waals surface area (Å²) in [6.45, 7) is 7.82. The molecule has 0 aliphatic carbocycles. The fourth-order valence-corrected chi connectivity index (χ4v) is 4.19. The van der Waals surface area contributed by atoms with E-state index in [4.69, 9.17) is 5.73 Å². The van der Waals surface area contributed by atoms with E-state index in [1.165, 1.54) is 0 Å². The number of likely N-dealkylation sites (N-methyl/N-ethyl adjacent to an activating group) is 2. The number of hydrogen-bond acceptors (Lipinski definition) is 7. The molecular formula is C26H34N8O. The Bertz CT molecular complexity index is 1400. The first-order valence-corrected chi connectivity index (χ1v) is 11.8. The summed E-state index contributed by atoms with van der Waals surface area (Å²) in [6, 6.07) is 13.5. The standard InChI is InChI=1S/C26H34N8O/c1-17(2)33-21-9-7-8-10-22(21)34(26(33)35)24-11-12-28-25(30-24)29-20-16-19(27)23(15-18(20)3)32(6)14-13-31(4)5/h7-12,15-17H,13-14,27H2,1-6H3,(H,28,29,30). The van der Waals surface area contributed by atoms with Crippen LogP contribution in [0.1, 0.15) is 25.5 Å². The maximum atomic E-state index is 13.3. The molecule has 4 aromatic rings. The van der Waals surface area contributed by atoms with E-state index in [2.05, 4.69) is 45.2 Å². The van der Waals surface area contributed by atoms with Crippen molar-refractivity contribution in [2.75, 3.05) is 50.2 Å². The van der Waals surface area contributed by atoms with Crippen LogP contribution in [0.3, 0.4) is 0 Å². The lowest BCUT2D eigenvalue weighted by molar-refractivity contribution is 0.416. The van der Waals surface area contributed by atoms with Gasteiger partial charge in [-0.2, -0.15) is 4.98 Å². The number of aromatic nitrogens is 4. The third-order valence-corrected chi connectivity index (χ3v) is 6.08. The molecule has 2 aromatic carbocycles. The van der Waals surface area contributed by atoms with Crippen molar-refractivity contribution < 1.29 is 0 Å². The monoisotopic (exact) mass is 474 g/mol. The minimum absolute atomic E-state index is 0.0214. The minimum Gasteiger partial charge on any atom is -0.397 e. The van der Waals surface area contributed by atoms with Gasteiger partial charge >= 0.3 is 5.69 Å². The fraction of sp³-hybridized carbons (Fsp3) is 0.346. The van der Waals surface area contributed by atoms with Gasteiger partial charge in [0.2, 0.25) is 5.95 Å². The number of rotatable bonds is 8. The van der Waals surface area contributed by atoms with Gasteiger partial charge in [-0.25, -0.2) is 14.3 Å². The zero-order chi connectivity index (χ0) is 25.3. The lowest BCUT2D eigenvalue weighted by Crippen LogP contribution is -2.29. The SMILES string of the molecule is Cc1cc(N(C)CCN(C)C)c(N)cc1Nc1nccc(-n2c(=O)n(C(C)C)c3ccccc32)n1. The van der Waals surface area contributed by atoms with Crippen molar-refractivity contribution in [3.8, 4) is 5.82 Å². The predicted molar refractivity (Wildman–Crippen MR) is 144 cm³/mol. The first kappa shape index (κ1) is 24.3. The summed E-state index contributed by atoms with van der Waals surface area (Å²) in [5.41, 5.74) is 11.5. The molecule has 3 N–H and O–H groups in total. The Morgan fingerprint density at radius 1 is 1.06 bits per heavy atom. The van der Waals surface area contributed by atoms with Crippen LogP contribution >= 0.6 is 0 Å².